The van der Waals surface area contributed by atoms with E-state index in [0.717, 1.165) is 0 Å². The molecule has 0 bridgehead atoms. The maximum absolute atomic E-state index is 13.3. The van der Waals surface area contributed by atoms with Crippen LogP contribution in [0.3, 0.4) is 0 Å². The van der Waals surface area contributed by atoms with Crippen molar-refractivity contribution in [2.24, 2.45) is 5.73 Å². The molecule has 0 spiro atoms. The molecule has 0 fully saturated rings. The van der Waals surface area contributed by atoms with Crippen LogP contribution in [0.4, 0.5) is 21.5 Å². The van der Waals surface area contributed by atoms with E-state index in [1.807, 2.05) is 5.32 Å². The van der Waals surface area contributed by atoms with Crippen LogP contribution < -0.4 is 11.1 Å². The Morgan fingerprint density at radius 1 is 1.32 bits per heavy atom. The monoisotopic (exact) mass is 272 g/mol. The van der Waals surface area contributed by atoms with Gasteiger partial charge >= 0.3 is 5.69 Å². The number of rotatable bonds is 4. The lowest BCUT2D eigenvalue weighted by Gasteiger charge is -2.08. The zero-order valence-corrected chi connectivity index (χ0v) is 9.62. The number of nitro groups is 2. The third-order valence-electron chi connectivity index (χ3n) is 2.13. The average Bonchev–Trinajstić information content (AvgIpc) is 2.27. The standard InChI is InChI=1S/C9H9FN4O5/c1-4(11)9(15)12-6-2-5(10)7(13(16)17)3-8(6)14(18)19/h2-4H,11H2,1H3,(H,12,15)/t4-/m1/s1. The molecule has 0 saturated heterocycles. The summed E-state index contributed by atoms with van der Waals surface area (Å²) in [7, 11) is 0. The van der Waals surface area contributed by atoms with E-state index in [1.165, 1.54) is 6.92 Å². The van der Waals surface area contributed by atoms with Gasteiger partial charge in [-0.15, -0.1) is 0 Å². The van der Waals surface area contributed by atoms with E-state index in [4.69, 9.17) is 5.73 Å². The Labute approximate surface area is 105 Å². The van der Waals surface area contributed by atoms with Gasteiger partial charge in [-0.05, 0) is 6.92 Å². The lowest BCUT2D eigenvalue weighted by Crippen LogP contribution is -2.32. The predicted molar refractivity (Wildman–Crippen MR) is 62.0 cm³/mol. The van der Waals surface area contributed by atoms with Crippen molar-refractivity contribution in [2.45, 2.75) is 13.0 Å². The van der Waals surface area contributed by atoms with Crippen LogP contribution in [0.2, 0.25) is 0 Å². The summed E-state index contributed by atoms with van der Waals surface area (Å²) >= 11 is 0. The maximum Gasteiger partial charge on any atom is 0.311 e. The van der Waals surface area contributed by atoms with Crippen LogP contribution in [0, 0.1) is 26.0 Å². The van der Waals surface area contributed by atoms with Crippen molar-refractivity contribution < 1.29 is 19.0 Å². The second-order valence-electron chi connectivity index (χ2n) is 3.61. The van der Waals surface area contributed by atoms with Crippen molar-refractivity contribution in [1.82, 2.24) is 0 Å². The Bertz CT molecular complexity index is 560. The van der Waals surface area contributed by atoms with Gasteiger partial charge in [0, 0.05) is 6.07 Å². The topological polar surface area (TPSA) is 141 Å². The molecule has 0 saturated carbocycles. The van der Waals surface area contributed by atoms with Crippen molar-refractivity contribution in [3.63, 3.8) is 0 Å². The van der Waals surface area contributed by atoms with Crippen molar-refractivity contribution in [2.75, 3.05) is 5.32 Å². The summed E-state index contributed by atoms with van der Waals surface area (Å²) in [5.41, 5.74) is 2.91. The third-order valence-corrected chi connectivity index (χ3v) is 2.13. The van der Waals surface area contributed by atoms with Gasteiger partial charge in [-0.1, -0.05) is 0 Å². The summed E-state index contributed by atoms with van der Waals surface area (Å²) in [5, 5.41) is 23.2. The first kappa shape index (κ1) is 14.4. The van der Waals surface area contributed by atoms with Crippen molar-refractivity contribution >= 4 is 23.0 Å². The fraction of sp³-hybridized carbons (Fsp3) is 0.222. The normalized spacial score (nSPS) is 11.7. The molecule has 0 heterocycles. The van der Waals surface area contributed by atoms with Gasteiger partial charge in [0.25, 0.3) is 5.69 Å². The SMILES string of the molecule is C[C@@H](N)C(=O)Nc1cc(F)c([N+](=O)[O-])cc1[N+](=O)[O-]. The second-order valence-corrected chi connectivity index (χ2v) is 3.61. The minimum Gasteiger partial charge on any atom is -0.320 e. The quantitative estimate of drug-likeness (QED) is 0.616. The van der Waals surface area contributed by atoms with Gasteiger partial charge in [-0.3, -0.25) is 25.0 Å². The molecule has 0 radical (unpaired) electrons. The van der Waals surface area contributed by atoms with Gasteiger partial charge in [-0.2, -0.15) is 4.39 Å². The van der Waals surface area contributed by atoms with Crippen LogP contribution in [0.25, 0.3) is 0 Å². The Morgan fingerprint density at radius 3 is 2.26 bits per heavy atom. The number of hydrogen-bond donors (Lipinski definition) is 2. The van der Waals surface area contributed by atoms with Gasteiger partial charge in [0.15, 0.2) is 0 Å². The first-order valence-corrected chi connectivity index (χ1v) is 4.92. The summed E-state index contributed by atoms with van der Waals surface area (Å²) in [6.45, 7) is 1.32. The summed E-state index contributed by atoms with van der Waals surface area (Å²) in [5.74, 6) is -2.08. The molecule has 1 atom stereocenters. The highest BCUT2D eigenvalue weighted by Crippen LogP contribution is 2.31. The maximum atomic E-state index is 13.3. The number of nitrogens with one attached hydrogen (secondary N) is 1. The van der Waals surface area contributed by atoms with Gasteiger partial charge in [0.2, 0.25) is 11.7 Å². The van der Waals surface area contributed by atoms with Crippen LogP contribution in [0.15, 0.2) is 12.1 Å². The minimum atomic E-state index is -1.30. The van der Waals surface area contributed by atoms with E-state index in [0.29, 0.717) is 12.1 Å². The zero-order chi connectivity index (χ0) is 14.7. The molecule has 1 amide bonds. The average molecular weight is 272 g/mol. The molecule has 0 aliphatic heterocycles. The van der Waals surface area contributed by atoms with Crippen LogP contribution >= 0.6 is 0 Å². The van der Waals surface area contributed by atoms with E-state index in [9.17, 15) is 29.4 Å². The Morgan fingerprint density at radius 2 is 1.84 bits per heavy atom. The number of nitrogens with two attached hydrogens (primary N) is 1. The molecule has 3 N–H and O–H groups in total. The fourth-order valence-corrected chi connectivity index (χ4v) is 1.19. The van der Waals surface area contributed by atoms with Crippen molar-refractivity contribution in [1.29, 1.82) is 0 Å². The van der Waals surface area contributed by atoms with Crippen LogP contribution in [0.5, 0.6) is 0 Å². The number of hydrogen-bond acceptors (Lipinski definition) is 6. The highest BCUT2D eigenvalue weighted by Gasteiger charge is 2.26. The molecule has 0 aliphatic carbocycles. The van der Waals surface area contributed by atoms with Gasteiger partial charge < -0.3 is 11.1 Å². The molecule has 0 aliphatic rings. The zero-order valence-electron chi connectivity index (χ0n) is 9.62. The smallest absolute Gasteiger partial charge is 0.311 e. The predicted octanol–water partition coefficient (Wildman–Crippen LogP) is 0.928. The second kappa shape index (κ2) is 5.35. The highest BCUT2D eigenvalue weighted by molar-refractivity contribution is 5.96. The first-order chi connectivity index (χ1) is 8.73. The fourth-order valence-electron chi connectivity index (χ4n) is 1.19. The van der Waals surface area contributed by atoms with Gasteiger partial charge in [0.1, 0.15) is 5.69 Å². The molecule has 10 heteroatoms. The number of halogens is 1. The van der Waals surface area contributed by atoms with Crippen LogP contribution in [-0.2, 0) is 4.79 Å². The Kier molecular flexibility index (Phi) is 4.07. The van der Waals surface area contributed by atoms with E-state index >= 15 is 0 Å². The molecule has 1 aromatic rings. The molecule has 0 unspecified atom stereocenters. The number of amides is 1. The Hall–Kier alpha value is -2.62. The molecule has 19 heavy (non-hydrogen) atoms. The van der Waals surface area contributed by atoms with Crippen molar-refractivity contribution in [3.8, 4) is 0 Å². The summed E-state index contributed by atoms with van der Waals surface area (Å²) in [6.07, 6.45) is 0. The molecule has 1 rings (SSSR count). The molecule has 102 valence electrons. The third kappa shape index (κ3) is 3.19. The molecule has 0 aromatic heterocycles. The number of nitro benzene ring substituents is 2. The van der Waals surface area contributed by atoms with Gasteiger partial charge in [-0.25, -0.2) is 0 Å². The number of anilines is 1. The van der Waals surface area contributed by atoms with Gasteiger partial charge in [0.05, 0.1) is 22.0 Å². The van der Waals surface area contributed by atoms with E-state index < -0.39 is 44.7 Å². The molecular weight excluding hydrogens is 263 g/mol. The first-order valence-electron chi connectivity index (χ1n) is 4.92. The summed E-state index contributed by atoms with van der Waals surface area (Å²) in [6, 6.07) is -0.0271. The number of benzene rings is 1. The number of carbonyl (C=O) groups is 1. The lowest BCUT2D eigenvalue weighted by atomic mass is 10.2. The highest BCUT2D eigenvalue weighted by atomic mass is 19.1. The Balaban J connectivity index is 3.31. The largest absolute Gasteiger partial charge is 0.320 e. The van der Waals surface area contributed by atoms with E-state index in [2.05, 4.69) is 0 Å². The minimum absolute atomic E-state index is 0.437. The summed E-state index contributed by atoms with van der Waals surface area (Å²) < 4.78 is 13.3. The van der Waals surface area contributed by atoms with E-state index in [-0.39, 0.29) is 0 Å². The number of nitrogens with zero attached hydrogens (tertiary/aromatic N) is 2. The van der Waals surface area contributed by atoms with Crippen LogP contribution in [-0.4, -0.2) is 21.8 Å². The molecular formula is C9H9FN4O5. The summed E-state index contributed by atoms with van der Waals surface area (Å²) in [4.78, 5) is 30.4. The molecule has 1 aromatic carbocycles. The number of carbonyl (C=O) groups excluding carboxylic acids is 1. The van der Waals surface area contributed by atoms with Crippen LogP contribution in [0.1, 0.15) is 6.92 Å². The lowest BCUT2D eigenvalue weighted by molar-refractivity contribution is -0.395. The van der Waals surface area contributed by atoms with Crippen molar-refractivity contribution in [3.05, 3.63) is 38.2 Å². The molecule has 9 nitrogen and oxygen atoms in total. The van der Waals surface area contributed by atoms with E-state index in [1.54, 1.807) is 0 Å².